The van der Waals surface area contributed by atoms with E-state index in [9.17, 15) is 9.18 Å². The van der Waals surface area contributed by atoms with Crippen LogP contribution in [0.5, 0.6) is 0 Å². The Morgan fingerprint density at radius 2 is 2.33 bits per heavy atom. The van der Waals surface area contributed by atoms with Crippen LogP contribution in [-0.2, 0) is 9.53 Å². The van der Waals surface area contributed by atoms with Crippen molar-refractivity contribution in [3.8, 4) is 0 Å². The number of rotatable bonds is 2. The molecular weight excluding hydrogens is 326 g/mol. The Morgan fingerprint density at radius 1 is 1.61 bits per heavy atom. The maximum Gasteiger partial charge on any atom is 0.247 e. The van der Waals surface area contributed by atoms with Crippen molar-refractivity contribution in [2.45, 2.75) is 12.0 Å². The summed E-state index contributed by atoms with van der Waals surface area (Å²) < 4.78 is 18.5. The van der Waals surface area contributed by atoms with Gasteiger partial charge in [0.2, 0.25) is 5.91 Å². The summed E-state index contributed by atoms with van der Waals surface area (Å²) in [5, 5.41) is 2.71. The van der Waals surface area contributed by atoms with Crippen molar-refractivity contribution in [2.75, 3.05) is 18.5 Å². The van der Waals surface area contributed by atoms with Crippen LogP contribution >= 0.6 is 27.5 Å². The van der Waals surface area contributed by atoms with Gasteiger partial charge in [-0.05, 0) is 34.5 Å². The summed E-state index contributed by atoms with van der Waals surface area (Å²) >= 11 is 9.02. The van der Waals surface area contributed by atoms with Crippen molar-refractivity contribution in [3.63, 3.8) is 0 Å². The van der Waals surface area contributed by atoms with Gasteiger partial charge in [0.15, 0.2) is 0 Å². The highest BCUT2D eigenvalue weighted by Crippen LogP contribution is 2.32. The summed E-state index contributed by atoms with van der Waals surface area (Å²) in [5.41, 5.74) is 5.16. The molecule has 0 aromatic heterocycles. The molecule has 0 spiro atoms. The van der Waals surface area contributed by atoms with Crippen LogP contribution in [0.25, 0.3) is 0 Å². The lowest BCUT2D eigenvalue weighted by molar-refractivity contribution is -0.121. The molecule has 7 heteroatoms. The number of benzene rings is 1. The van der Waals surface area contributed by atoms with Gasteiger partial charge < -0.3 is 15.8 Å². The fourth-order valence-electron chi connectivity index (χ4n) is 1.66. The monoisotopic (exact) mass is 336 g/mol. The minimum absolute atomic E-state index is 0.109. The van der Waals surface area contributed by atoms with Crippen LogP contribution in [0.4, 0.5) is 10.1 Å². The molecule has 1 aliphatic rings. The molecule has 4 nitrogen and oxygen atoms in total. The number of amides is 1. The van der Waals surface area contributed by atoms with E-state index in [0.717, 1.165) is 6.07 Å². The predicted molar refractivity (Wildman–Crippen MR) is 70.1 cm³/mol. The molecule has 1 heterocycles. The topological polar surface area (TPSA) is 64.4 Å². The van der Waals surface area contributed by atoms with E-state index in [1.807, 2.05) is 0 Å². The number of hydrogen-bond acceptors (Lipinski definition) is 3. The normalized spacial score (nSPS) is 23.1. The quantitative estimate of drug-likeness (QED) is 0.870. The standard InChI is InChI=1S/C11H11BrClFN2O2/c12-7-3-6(14)4-8(13)9(7)16-10(17)11(15)1-2-18-5-11/h3-4H,1-2,5,15H2,(H,16,17). The molecule has 3 N–H and O–H groups in total. The van der Waals surface area contributed by atoms with E-state index in [-0.39, 0.29) is 11.6 Å². The van der Waals surface area contributed by atoms with E-state index >= 15 is 0 Å². The minimum Gasteiger partial charge on any atom is -0.379 e. The van der Waals surface area contributed by atoms with Crippen LogP contribution < -0.4 is 11.1 Å². The summed E-state index contributed by atoms with van der Waals surface area (Å²) in [4.78, 5) is 12.0. The maximum atomic E-state index is 13.1. The van der Waals surface area contributed by atoms with Crippen molar-refractivity contribution in [1.29, 1.82) is 0 Å². The van der Waals surface area contributed by atoms with Crippen molar-refractivity contribution in [2.24, 2.45) is 5.73 Å². The molecule has 1 amide bonds. The van der Waals surface area contributed by atoms with Gasteiger partial charge in [0.25, 0.3) is 0 Å². The van der Waals surface area contributed by atoms with Gasteiger partial charge in [0.1, 0.15) is 11.4 Å². The average Bonchev–Trinajstić information content (AvgIpc) is 2.71. The summed E-state index contributed by atoms with van der Waals surface area (Å²) in [5.74, 6) is -0.884. The first-order chi connectivity index (χ1) is 8.42. The lowest BCUT2D eigenvalue weighted by Crippen LogP contribution is -2.51. The molecule has 0 radical (unpaired) electrons. The van der Waals surface area contributed by atoms with Gasteiger partial charge in [0, 0.05) is 11.1 Å². The van der Waals surface area contributed by atoms with Gasteiger partial charge >= 0.3 is 0 Å². The molecule has 1 saturated heterocycles. The fraction of sp³-hybridized carbons (Fsp3) is 0.364. The fourth-order valence-corrected chi connectivity index (χ4v) is 2.56. The molecule has 0 saturated carbocycles. The zero-order chi connectivity index (χ0) is 13.3. The van der Waals surface area contributed by atoms with Crippen LogP contribution in [0.15, 0.2) is 16.6 Å². The van der Waals surface area contributed by atoms with Crippen LogP contribution in [-0.4, -0.2) is 24.7 Å². The smallest absolute Gasteiger partial charge is 0.247 e. The van der Waals surface area contributed by atoms with Gasteiger partial charge in [-0.25, -0.2) is 4.39 Å². The van der Waals surface area contributed by atoms with E-state index < -0.39 is 17.3 Å². The summed E-state index contributed by atoms with van der Waals surface area (Å²) in [6.45, 7) is 0.609. The lowest BCUT2D eigenvalue weighted by atomic mass is 9.99. The Kier molecular flexibility index (Phi) is 3.91. The number of hydrogen-bond donors (Lipinski definition) is 2. The second kappa shape index (κ2) is 5.13. The average molecular weight is 338 g/mol. The van der Waals surface area contributed by atoms with Crippen LogP contribution in [0, 0.1) is 5.82 Å². The van der Waals surface area contributed by atoms with Crippen molar-refractivity contribution in [1.82, 2.24) is 0 Å². The van der Waals surface area contributed by atoms with Gasteiger partial charge in [-0.1, -0.05) is 11.6 Å². The number of nitrogens with one attached hydrogen (secondary N) is 1. The number of carbonyl (C=O) groups excluding carboxylic acids is 1. The lowest BCUT2D eigenvalue weighted by Gasteiger charge is -2.21. The molecule has 0 aliphatic carbocycles. The number of nitrogens with two attached hydrogens (primary N) is 1. The highest BCUT2D eigenvalue weighted by atomic mass is 79.9. The third-order valence-corrected chi connectivity index (χ3v) is 3.67. The highest BCUT2D eigenvalue weighted by molar-refractivity contribution is 9.10. The Hall–Kier alpha value is -0.690. The molecule has 98 valence electrons. The summed E-state index contributed by atoms with van der Waals surface area (Å²) in [6, 6.07) is 2.34. The van der Waals surface area contributed by atoms with Crippen molar-refractivity contribution >= 4 is 39.1 Å². The zero-order valence-electron chi connectivity index (χ0n) is 9.30. The molecular formula is C11H11BrClFN2O2. The van der Waals surface area contributed by atoms with E-state index in [0.29, 0.717) is 23.2 Å². The first kappa shape index (κ1) is 13.7. The third-order valence-electron chi connectivity index (χ3n) is 2.75. The maximum absolute atomic E-state index is 13.1. The molecule has 18 heavy (non-hydrogen) atoms. The van der Waals surface area contributed by atoms with Crippen LogP contribution in [0.2, 0.25) is 5.02 Å². The largest absolute Gasteiger partial charge is 0.379 e. The van der Waals surface area contributed by atoms with Crippen molar-refractivity contribution < 1.29 is 13.9 Å². The zero-order valence-corrected chi connectivity index (χ0v) is 11.6. The Morgan fingerprint density at radius 3 is 2.89 bits per heavy atom. The SMILES string of the molecule is NC1(C(=O)Nc2c(Cl)cc(F)cc2Br)CCOC1. The molecule has 1 atom stereocenters. The molecule has 1 unspecified atom stereocenters. The van der Waals surface area contributed by atoms with Crippen molar-refractivity contribution in [3.05, 3.63) is 27.4 Å². The van der Waals surface area contributed by atoms with E-state index in [2.05, 4.69) is 21.2 Å². The van der Waals surface area contributed by atoms with E-state index in [1.54, 1.807) is 0 Å². The molecule has 1 aliphatic heterocycles. The van der Waals surface area contributed by atoms with Crippen LogP contribution in [0.3, 0.4) is 0 Å². The molecule has 1 aromatic carbocycles. The second-order valence-corrected chi connectivity index (χ2v) is 5.42. The summed E-state index contributed by atoms with van der Waals surface area (Å²) in [7, 11) is 0. The second-order valence-electron chi connectivity index (χ2n) is 4.16. The minimum atomic E-state index is -1.06. The first-order valence-electron chi connectivity index (χ1n) is 5.25. The van der Waals surface area contributed by atoms with Gasteiger partial charge in [-0.3, -0.25) is 4.79 Å². The van der Waals surface area contributed by atoms with Gasteiger partial charge in [-0.2, -0.15) is 0 Å². The van der Waals surface area contributed by atoms with E-state index in [1.165, 1.54) is 6.07 Å². The Labute approximate surface area is 117 Å². The highest BCUT2D eigenvalue weighted by Gasteiger charge is 2.38. The summed E-state index contributed by atoms with van der Waals surface area (Å²) in [6.07, 6.45) is 0.440. The van der Waals surface area contributed by atoms with Gasteiger partial charge in [0.05, 0.1) is 17.3 Å². The number of anilines is 1. The molecule has 1 fully saturated rings. The predicted octanol–water partition coefficient (Wildman–Crippen LogP) is 2.30. The van der Waals surface area contributed by atoms with Gasteiger partial charge in [-0.15, -0.1) is 0 Å². The first-order valence-corrected chi connectivity index (χ1v) is 6.42. The molecule has 1 aromatic rings. The number of carbonyl (C=O) groups is 1. The Bertz CT molecular complexity index is 469. The number of halogens is 3. The van der Waals surface area contributed by atoms with E-state index in [4.69, 9.17) is 22.1 Å². The molecule has 0 bridgehead atoms. The Balaban J connectivity index is 2.22. The number of ether oxygens (including phenoxy) is 1. The van der Waals surface area contributed by atoms with Crippen LogP contribution in [0.1, 0.15) is 6.42 Å². The molecule has 2 rings (SSSR count). The third kappa shape index (κ3) is 2.66.